The average molecular weight is 236 g/mol. The van der Waals surface area contributed by atoms with Crippen molar-refractivity contribution in [2.24, 2.45) is 5.73 Å². The number of carbonyl (C=O) groups is 1. The molecular formula is C13H17FN2O. The molecule has 1 heterocycles. The van der Waals surface area contributed by atoms with Gasteiger partial charge in [-0.05, 0) is 37.5 Å². The van der Waals surface area contributed by atoms with Crippen LogP contribution in [0.4, 0.5) is 10.1 Å². The van der Waals surface area contributed by atoms with E-state index in [9.17, 15) is 9.18 Å². The Hall–Kier alpha value is -1.42. The smallest absolute Gasteiger partial charge is 0.178 e. The lowest BCUT2D eigenvalue weighted by Crippen LogP contribution is -2.31. The summed E-state index contributed by atoms with van der Waals surface area (Å²) in [5.41, 5.74) is 6.59. The molecule has 0 amide bonds. The zero-order chi connectivity index (χ0) is 12.3. The van der Waals surface area contributed by atoms with Crippen LogP contribution in [0, 0.1) is 5.82 Å². The van der Waals surface area contributed by atoms with Crippen LogP contribution in [0.3, 0.4) is 0 Å². The van der Waals surface area contributed by atoms with Crippen LogP contribution in [0.1, 0.15) is 29.6 Å². The summed E-state index contributed by atoms with van der Waals surface area (Å²) in [6.07, 6.45) is 3.46. The summed E-state index contributed by atoms with van der Waals surface area (Å²) in [5, 5.41) is 0. The van der Waals surface area contributed by atoms with Gasteiger partial charge in [0.15, 0.2) is 5.78 Å². The van der Waals surface area contributed by atoms with Crippen molar-refractivity contribution in [1.82, 2.24) is 0 Å². The molecule has 1 fully saturated rings. The summed E-state index contributed by atoms with van der Waals surface area (Å²) >= 11 is 0. The first-order chi connectivity index (χ1) is 8.22. The second-order valence-corrected chi connectivity index (χ2v) is 4.34. The highest BCUT2D eigenvalue weighted by Gasteiger charge is 2.18. The van der Waals surface area contributed by atoms with Crippen molar-refractivity contribution in [1.29, 1.82) is 0 Å². The Labute approximate surface area is 100 Å². The van der Waals surface area contributed by atoms with Crippen LogP contribution in [0.25, 0.3) is 0 Å². The van der Waals surface area contributed by atoms with Crippen LogP contribution in [0.2, 0.25) is 0 Å². The van der Waals surface area contributed by atoms with E-state index in [0.29, 0.717) is 5.56 Å². The molecule has 0 spiro atoms. The van der Waals surface area contributed by atoms with E-state index in [2.05, 4.69) is 4.90 Å². The predicted octanol–water partition coefficient (Wildman–Crippen LogP) is 1.96. The number of ketones is 1. The molecule has 0 aromatic heterocycles. The van der Waals surface area contributed by atoms with Crippen LogP contribution >= 0.6 is 0 Å². The predicted molar refractivity (Wildman–Crippen MR) is 65.8 cm³/mol. The molecule has 1 aliphatic rings. The van der Waals surface area contributed by atoms with E-state index in [1.807, 2.05) is 0 Å². The van der Waals surface area contributed by atoms with E-state index < -0.39 is 0 Å². The maximum Gasteiger partial charge on any atom is 0.178 e. The second kappa shape index (κ2) is 5.27. The fourth-order valence-electron chi connectivity index (χ4n) is 2.25. The number of halogens is 1. The van der Waals surface area contributed by atoms with Crippen LogP contribution in [-0.4, -0.2) is 25.4 Å². The Morgan fingerprint density at radius 2 is 2.00 bits per heavy atom. The van der Waals surface area contributed by atoms with Gasteiger partial charge >= 0.3 is 0 Å². The standard InChI is InChI=1S/C13H17FN2O/c14-10-4-5-12(11(8-10)13(17)9-15)16-6-2-1-3-7-16/h4-5,8H,1-3,6-7,9,15H2. The summed E-state index contributed by atoms with van der Waals surface area (Å²) in [6, 6.07) is 4.37. The Morgan fingerprint density at radius 3 is 2.65 bits per heavy atom. The van der Waals surface area contributed by atoms with E-state index >= 15 is 0 Å². The Morgan fingerprint density at radius 1 is 1.29 bits per heavy atom. The molecule has 0 saturated carbocycles. The van der Waals surface area contributed by atoms with Gasteiger partial charge in [-0.1, -0.05) is 0 Å². The fraction of sp³-hybridized carbons (Fsp3) is 0.462. The highest BCUT2D eigenvalue weighted by atomic mass is 19.1. The third kappa shape index (κ3) is 2.64. The molecule has 92 valence electrons. The summed E-state index contributed by atoms with van der Waals surface area (Å²) in [6.45, 7) is 1.78. The fourth-order valence-corrected chi connectivity index (χ4v) is 2.25. The molecule has 2 rings (SSSR count). The normalized spacial score (nSPS) is 16.0. The quantitative estimate of drug-likeness (QED) is 0.816. The van der Waals surface area contributed by atoms with Crippen LogP contribution in [0.5, 0.6) is 0 Å². The Bertz CT molecular complexity index is 414. The van der Waals surface area contributed by atoms with Crippen molar-refractivity contribution in [3.05, 3.63) is 29.6 Å². The SMILES string of the molecule is NCC(=O)c1cc(F)ccc1N1CCCCC1. The van der Waals surface area contributed by atoms with Gasteiger partial charge in [0, 0.05) is 24.3 Å². The number of hydrogen-bond acceptors (Lipinski definition) is 3. The average Bonchev–Trinajstić information content (AvgIpc) is 2.38. The van der Waals surface area contributed by atoms with Crippen molar-refractivity contribution >= 4 is 11.5 Å². The maximum absolute atomic E-state index is 13.2. The van der Waals surface area contributed by atoms with E-state index in [1.54, 1.807) is 6.07 Å². The molecular weight excluding hydrogens is 219 g/mol. The lowest BCUT2D eigenvalue weighted by molar-refractivity contribution is 0.100. The van der Waals surface area contributed by atoms with Crippen molar-refractivity contribution in [2.45, 2.75) is 19.3 Å². The molecule has 1 saturated heterocycles. The van der Waals surface area contributed by atoms with E-state index in [4.69, 9.17) is 5.73 Å². The third-order valence-corrected chi connectivity index (χ3v) is 3.14. The van der Waals surface area contributed by atoms with Crippen molar-refractivity contribution in [3.8, 4) is 0 Å². The van der Waals surface area contributed by atoms with E-state index in [-0.39, 0.29) is 18.1 Å². The number of benzene rings is 1. The molecule has 17 heavy (non-hydrogen) atoms. The minimum Gasteiger partial charge on any atom is -0.371 e. The third-order valence-electron chi connectivity index (χ3n) is 3.14. The van der Waals surface area contributed by atoms with Gasteiger partial charge < -0.3 is 10.6 Å². The molecule has 0 atom stereocenters. The number of piperidine rings is 1. The topological polar surface area (TPSA) is 46.3 Å². The van der Waals surface area contributed by atoms with Gasteiger partial charge in [-0.2, -0.15) is 0 Å². The molecule has 0 radical (unpaired) electrons. The molecule has 0 aliphatic carbocycles. The van der Waals surface area contributed by atoms with Gasteiger partial charge in [0.05, 0.1) is 6.54 Å². The highest BCUT2D eigenvalue weighted by molar-refractivity contribution is 6.02. The largest absolute Gasteiger partial charge is 0.371 e. The molecule has 2 N–H and O–H groups in total. The Kier molecular flexibility index (Phi) is 3.74. The minimum atomic E-state index is -0.387. The highest BCUT2D eigenvalue weighted by Crippen LogP contribution is 2.25. The van der Waals surface area contributed by atoms with Gasteiger partial charge in [0.2, 0.25) is 0 Å². The number of Topliss-reactive ketones (excluding diaryl/α,β-unsaturated/α-hetero) is 1. The van der Waals surface area contributed by atoms with E-state index in [0.717, 1.165) is 31.6 Å². The number of carbonyl (C=O) groups excluding carboxylic acids is 1. The zero-order valence-corrected chi connectivity index (χ0v) is 9.79. The first kappa shape index (κ1) is 12.0. The van der Waals surface area contributed by atoms with Crippen LogP contribution in [0.15, 0.2) is 18.2 Å². The number of nitrogens with zero attached hydrogens (tertiary/aromatic N) is 1. The van der Waals surface area contributed by atoms with Crippen molar-refractivity contribution in [3.63, 3.8) is 0 Å². The second-order valence-electron chi connectivity index (χ2n) is 4.34. The number of anilines is 1. The molecule has 0 bridgehead atoms. The molecule has 0 unspecified atom stereocenters. The van der Waals surface area contributed by atoms with E-state index in [1.165, 1.54) is 18.6 Å². The first-order valence-corrected chi connectivity index (χ1v) is 6.00. The summed E-state index contributed by atoms with van der Waals surface area (Å²) in [4.78, 5) is 13.9. The van der Waals surface area contributed by atoms with Gasteiger partial charge in [-0.3, -0.25) is 4.79 Å². The van der Waals surface area contributed by atoms with Crippen LogP contribution < -0.4 is 10.6 Å². The molecule has 1 aromatic rings. The number of hydrogen-bond donors (Lipinski definition) is 1. The van der Waals surface area contributed by atoms with Gasteiger partial charge in [-0.25, -0.2) is 4.39 Å². The molecule has 1 aromatic carbocycles. The van der Waals surface area contributed by atoms with Crippen molar-refractivity contribution < 1.29 is 9.18 Å². The molecule has 4 heteroatoms. The minimum absolute atomic E-state index is 0.0791. The summed E-state index contributed by atoms with van der Waals surface area (Å²) in [5.74, 6) is -0.590. The number of rotatable bonds is 3. The van der Waals surface area contributed by atoms with Gasteiger partial charge in [0.1, 0.15) is 5.82 Å². The lowest BCUT2D eigenvalue weighted by Gasteiger charge is -2.30. The Balaban J connectivity index is 2.34. The maximum atomic E-state index is 13.2. The van der Waals surface area contributed by atoms with Gasteiger partial charge in [0.25, 0.3) is 0 Å². The first-order valence-electron chi connectivity index (χ1n) is 6.00. The summed E-state index contributed by atoms with van der Waals surface area (Å²) in [7, 11) is 0. The summed E-state index contributed by atoms with van der Waals surface area (Å²) < 4.78 is 13.2. The lowest BCUT2D eigenvalue weighted by atomic mass is 10.0. The molecule has 1 aliphatic heterocycles. The molecule has 3 nitrogen and oxygen atoms in total. The monoisotopic (exact) mass is 236 g/mol. The zero-order valence-electron chi connectivity index (χ0n) is 9.79. The van der Waals surface area contributed by atoms with Gasteiger partial charge in [-0.15, -0.1) is 0 Å². The van der Waals surface area contributed by atoms with Crippen LogP contribution in [-0.2, 0) is 0 Å². The van der Waals surface area contributed by atoms with Crippen molar-refractivity contribution in [2.75, 3.05) is 24.5 Å². The number of nitrogens with two attached hydrogens (primary N) is 1.